The number of ether oxygens (including phenoxy) is 1. The molecule has 4 atom stereocenters. The van der Waals surface area contributed by atoms with Gasteiger partial charge in [-0.05, 0) is 111 Å². The molecule has 3 aliphatic carbocycles. The summed E-state index contributed by atoms with van der Waals surface area (Å²) in [7, 11) is -4.04. The fourth-order valence-electron chi connectivity index (χ4n) is 7.54. The van der Waals surface area contributed by atoms with Gasteiger partial charge in [0.05, 0.1) is 18.4 Å². The summed E-state index contributed by atoms with van der Waals surface area (Å²) in [5, 5.41) is 11.9. The molecule has 0 radical (unpaired) electrons. The van der Waals surface area contributed by atoms with Crippen LogP contribution in [0.4, 0.5) is 5.69 Å². The third kappa shape index (κ3) is 5.81. The number of anilines is 1. The van der Waals surface area contributed by atoms with E-state index in [-0.39, 0.29) is 29.4 Å². The lowest BCUT2D eigenvalue weighted by Crippen LogP contribution is -2.49. The van der Waals surface area contributed by atoms with E-state index in [2.05, 4.69) is 21.8 Å². The summed E-state index contributed by atoms with van der Waals surface area (Å²) < 4.78 is 37.1. The number of fused-ring (bicyclic) bond motifs is 4. The molecule has 2 aromatic carbocycles. The number of aliphatic hydroxyl groups is 1. The molecule has 2 heterocycles. The van der Waals surface area contributed by atoms with Crippen molar-refractivity contribution < 1.29 is 23.1 Å². The van der Waals surface area contributed by atoms with Crippen LogP contribution in [0, 0.1) is 17.8 Å². The first kappa shape index (κ1) is 29.1. The van der Waals surface area contributed by atoms with Gasteiger partial charge in [-0.15, -0.1) is 0 Å². The molecule has 43 heavy (non-hydrogen) atoms. The first-order chi connectivity index (χ1) is 20.7. The second-order valence-electron chi connectivity index (χ2n) is 13.2. The Morgan fingerprint density at radius 2 is 1.98 bits per heavy atom. The number of rotatable bonds is 2. The fraction of sp³-hybridized carbons (Fsp3) is 0.545. The normalized spacial score (nSPS) is 31.5. The fourth-order valence-corrected chi connectivity index (χ4v) is 8.97. The molecular weight excluding hydrogens is 586 g/mol. The monoisotopic (exact) mass is 625 g/mol. The van der Waals surface area contributed by atoms with Crippen LogP contribution >= 0.6 is 11.6 Å². The first-order valence-electron chi connectivity index (χ1n) is 15.7. The molecule has 1 spiro atoms. The number of carbonyl (C=O) groups is 1. The van der Waals surface area contributed by atoms with Crippen LogP contribution in [0.25, 0.3) is 0 Å². The van der Waals surface area contributed by atoms with Crippen molar-refractivity contribution in [3.63, 3.8) is 0 Å². The SMILES string of the molecule is O=C1NS(=O)(=O)N(CC2CC2)CC/C=C/[C@H](O)[C@@H]2CC[C@H]2CN2C[C@@]3(CCCc4cc(Cl)ccc43)COc3ccc1cc32. The van der Waals surface area contributed by atoms with E-state index in [4.69, 9.17) is 16.3 Å². The van der Waals surface area contributed by atoms with Crippen LogP contribution in [0.2, 0.25) is 5.02 Å². The molecule has 10 heteroatoms. The number of hydrogen-bond donors (Lipinski definition) is 2. The molecule has 0 saturated heterocycles. The Balaban J connectivity index is 1.27. The lowest BCUT2D eigenvalue weighted by atomic mass is 9.68. The summed E-state index contributed by atoms with van der Waals surface area (Å²) in [4.78, 5) is 15.8. The summed E-state index contributed by atoms with van der Waals surface area (Å²) >= 11 is 6.39. The molecule has 230 valence electrons. The van der Waals surface area contributed by atoms with Crippen LogP contribution in [0.1, 0.15) is 66.4 Å². The van der Waals surface area contributed by atoms with E-state index in [1.54, 1.807) is 18.2 Å². The molecule has 0 aromatic heterocycles. The number of nitrogens with one attached hydrogen (secondary N) is 1. The van der Waals surface area contributed by atoms with Gasteiger partial charge in [0.25, 0.3) is 5.91 Å². The van der Waals surface area contributed by atoms with Crippen molar-refractivity contribution in [1.82, 2.24) is 9.03 Å². The van der Waals surface area contributed by atoms with Crippen LogP contribution in [0.5, 0.6) is 5.75 Å². The average Bonchev–Trinajstić information content (AvgIpc) is 3.79. The molecular formula is C33H40ClN3O5S. The molecule has 2 aromatic rings. The quantitative estimate of drug-likeness (QED) is 0.463. The Kier molecular flexibility index (Phi) is 7.73. The smallest absolute Gasteiger partial charge is 0.304 e. The number of aliphatic hydroxyl groups excluding tert-OH is 1. The van der Waals surface area contributed by atoms with Crippen LogP contribution in [-0.4, -0.2) is 62.6 Å². The molecule has 8 nitrogen and oxygen atoms in total. The standard InChI is InChI=1S/C33H40ClN3O5S/c34-26-10-12-28-23(16-26)4-3-14-33(28)20-36-19-25-8-11-27(25)30(38)5-1-2-15-37(18-22-6-7-22)43(40,41)35-32(39)24-9-13-31(42-21-33)29(36)17-24/h1,5,9-10,12-13,16-17,22,25,27,30,38H,2-4,6-8,11,14-15,18-21H2,(H,35,39)/b5-1+/t25-,27+,30-,33-/m0/s1. The number of carbonyl (C=O) groups excluding carboxylic acids is 1. The van der Waals surface area contributed by atoms with Gasteiger partial charge in [-0.3, -0.25) is 4.79 Å². The second kappa shape index (κ2) is 11.4. The van der Waals surface area contributed by atoms with Crippen molar-refractivity contribution in [3.05, 3.63) is 70.3 Å². The van der Waals surface area contributed by atoms with Crippen LogP contribution in [0.15, 0.2) is 48.6 Å². The highest BCUT2D eigenvalue weighted by Crippen LogP contribution is 2.46. The number of nitrogens with zero attached hydrogens (tertiary/aromatic N) is 2. The van der Waals surface area contributed by atoms with Gasteiger partial charge in [0.2, 0.25) is 0 Å². The molecule has 5 aliphatic rings. The number of aryl methyl sites for hydroxylation is 1. The average molecular weight is 626 g/mol. The Labute approximate surface area is 259 Å². The van der Waals surface area contributed by atoms with Crippen LogP contribution < -0.4 is 14.4 Å². The van der Waals surface area contributed by atoms with Gasteiger partial charge in [-0.1, -0.05) is 29.8 Å². The Morgan fingerprint density at radius 1 is 1.12 bits per heavy atom. The van der Waals surface area contributed by atoms with Gasteiger partial charge in [-0.2, -0.15) is 12.7 Å². The topological polar surface area (TPSA) is 99.2 Å². The van der Waals surface area contributed by atoms with Crippen molar-refractivity contribution in [3.8, 4) is 5.75 Å². The summed E-state index contributed by atoms with van der Waals surface area (Å²) in [5.41, 5.74) is 3.33. The maximum atomic E-state index is 13.5. The first-order valence-corrected chi connectivity index (χ1v) is 17.5. The van der Waals surface area contributed by atoms with Crippen molar-refractivity contribution in [1.29, 1.82) is 0 Å². The van der Waals surface area contributed by atoms with Crippen molar-refractivity contribution in [2.24, 2.45) is 17.8 Å². The van der Waals surface area contributed by atoms with E-state index >= 15 is 0 Å². The summed E-state index contributed by atoms with van der Waals surface area (Å²) in [6, 6.07) is 11.4. The second-order valence-corrected chi connectivity index (χ2v) is 15.3. The molecule has 2 saturated carbocycles. The highest BCUT2D eigenvalue weighted by Gasteiger charge is 2.44. The van der Waals surface area contributed by atoms with Crippen LogP contribution in [0.3, 0.4) is 0 Å². The largest absolute Gasteiger partial charge is 0.490 e. The van der Waals surface area contributed by atoms with E-state index in [0.717, 1.165) is 62.2 Å². The molecule has 1 amide bonds. The minimum Gasteiger partial charge on any atom is -0.490 e. The minimum absolute atomic E-state index is 0.128. The van der Waals surface area contributed by atoms with Gasteiger partial charge < -0.3 is 14.7 Å². The maximum absolute atomic E-state index is 13.5. The zero-order chi connectivity index (χ0) is 29.8. The van der Waals surface area contributed by atoms with Gasteiger partial charge in [-0.25, -0.2) is 4.72 Å². The molecule has 0 unspecified atom stereocenters. The highest BCUT2D eigenvalue weighted by atomic mass is 35.5. The molecule has 2 N–H and O–H groups in total. The van der Waals surface area contributed by atoms with E-state index < -0.39 is 22.2 Å². The van der Waals surface area contributed by atoms with E-state index in [1.165, 1.54) is 15.4 Å². The van der Waals surface area contributed by atoms with Gasteiger partial charge >= 0.3 is 10.2 Å². The van der Waals surface area contributed by atoms with E-state index in [1.807, 2.05) is 18.2 Å². The lowest BCUT2D eigenvalue weighted by molar-refractivity contribution is 0.0456. The zero-order valence-corrected chi connectivity index (χ0v) is 26.0. The predicted molar refractivity (Wildman–Crippen MR) is 167 cm³/mol. The Bertz CT molecular complexity index is 1540. The van der Waals surface area contributed by atoms with Crippen molar-refractivity contribution in [2.75, 3.05) is 37.7 Å². The Hall–Kier alpha value is -2.59. The number of halogens is 1. The predicted octanol–water partition coefficient (Wildman–Crippen LogP) is 4.85. The van der Waals surface area contributed by atoms with Gasteiger partial charge in [0.15, 0.2) is 0 Å². The number of hydrogen-bond acceptors (Lipinski definition) is 6. The number of amides is 1. The Morgan fingerprint density at radius 3 is 2.77 bits per heavy atom. The summed E-state index contributed by atoms with van der Waals surface area (Å²) in [6.07, 6.45) is 10.6. The van der Waals surface area contributed by atoms with Crippen molar-refractivity contribution >= 4 is 33.4 Å². The molecule has 2 bridgehead atoms. The van der Waals surface area contributed by atoms with Gasteiger partial charge in [0.1, 0.15) is 5.75 Å². The van der Waals surface area contributed by atoms with E-state index in [0.29, 0.717) is 37.8 Å². The van der Waals surface area contributed by atoms with E-state index in [9.17, 15) is 18.3 Å². The molecule has 7 rings (SSSR count). The summed E-state index contributed by atoms with van der Waals surface area (Å²) in [6.45, 7) is 2.57. The maximum Gasteiger partial charge on any atom is 0.304 e. The highest BCUT2D eigenvalue weighted by molar-refractivity contribution is 7.87. The van der Waals surface area contributed by atoms with Crippen molar-refractivity contribution in [2.45, 2.75) is 62.9 Å². The third-order valence-corrected chi connectivity index (χ3v) is 12.0. The number of benzene rings is 2. The third-order valence-electron chi connectivity index (χ3n) is 10.3. The molecule has 2 fully saturated rings. The lowest BCUT2D eigenvalue weighted by Gasteiger charge is -2.45. The van der Waals surface area contributed by atoms with Gasteiger partial charge in [0, 0.05) is 42.2 Å². The summed E-state index contributed by atoms with van der Waals surface area (Å²) in [5.74, 6) is 0.787. The zero-order valence-electron chi connectivity index (χ0n) is 24.4. The molecule has 2 aliphatic heterocycles. The minimum atomic E-state index is -4.04. The van der Waals surface area contributed by atoms with Crippen LogP contribution in [-0.2, 0) is 22.0 Å².